The zero-order valence-corrected chi connectivity index (χ0v) is 13.4. The first-order chi connectivity index (χ1) is 11.0. The van der Waals surface area contributed by atoms with E-state index in [9.17, 15) is 14.4 Å². The molecule has 9 heteroatoms. The van der Waals surface area contributed by atoms with Gasteiger partial charge in [-0.15, -0.1) is 0 Å². The second-order valence-electron chi connectivity index (χ2n) is 4.91. The van der Waals surface area contributed by atoms with E-state index in [1.54, 1.807) is 6.92 Å². The summed E-state index contributed by atoms with van der Waals surface area (Å²) in [5, 5.41) is 4.30. The van der Waals surface area contributed by atoms with E-state index in [0.29, 0.717) is 5.02 Å². The minimum atomic E-state index is -1.00. The van der Waals surface area contributed by atoms with Crippen LogP contribution >= 0.6 is 23.2 Å². The van der Waals surface area contributed by atoms with Crippen molar-refractivity contribution in [1.29, 1.82) is 0 Å². The number of carbonyl (C=O) groups excluding carboxylic acids is 3. The Labute approximate surface area is 141 Å². The van der Waals surface area contributed by atoms with Crippen molar-refractivity contribution in [2.45, 2.75) is 13.0 Å². The highest BCUT2D eigenvalue weighted by Gasteiger charge is 2.55. The monoisotopic (exact) mass is 355 g/mol. The van der Waals surface area contributed by atoms with Crippen molar-refractivity contribution in [3.63, 3.8) is 0 Å². The zero-order chi connectivity index (χ0) is 16.7. The van der Waals surface area contributed by atoms with Gasteiger partial charge in [-0.05, 0) is 25.1 Å². The van der Waals surface area contributed by atoms with Crippen molar-refractivity contribution in [2.75, 3.05) is 11.5 Å². The van der Waals surface area contributed by atoms with Gasteiger partial charge >= 0.3 is 5.97 Å². The van der Waals surface area contributed by atoms with Gasteiger partial charge in [-0.25, -0.2) is 9.69 Å². The Morgan fingerprint density at radius 3 is 2.70 bits per heavy atom. The first kappa shape index (κ1) is 15.8. The number of fused-ring (bicyclic) bond motifs is 1. The molecule has 0 aromatic heterocycles. The van der Waals surface area contributed by atoms with Gasteiger partial charge in [0.15, 0.2) is 5.71 Å². The van der Waals surface area contributed by atoms with Gasteiger partial charge in [0.2, 0.25) is 5.91 Å². The first-order valence-corrected chi connectivity index (χ1v) is 7.54. The molecule has 7 nitrogen and oxygen atoms in total. The third-order valence-electron chi connectivity index (χ3n) is 3.57. The number of benzene rings is 1. The normalized spacial score (nSPS) is 22.7. The Kier molecular flexibility index (Phi) is 3.99. The fourth-order valence-electron chi connectivity index (χ4n) is 2.54. The molecule has 0 radical (unpaired) electrons. The summed E-state index contributed by atoms with van der Waals surface area (Å²) in [4.78, 5) is 37.9. The van der Waals surface area contributed by atoms with Crippen LogP contribution in [0.4, 0.5) is 5.69 Å². The van der Waals surface area contributed by atoms with Crippen LogP contribution in [0.25, 0.3) is 0 Å². The van der Waals surface area contributed by atoms with E-state index >= 15 is 0 Å². The van der Waals surface area contributed by atoms with E-state index in [4.69, 9.17) is 27.9 Å². The maximum Gasteiger partial charge on any atom is 0.355 e. The van der Waals surface area contributed by atoms with Crippen molar-refractivity contribution in [3.05, 3.63) is 28.2 Å². The van der Waals surface area contributed by atoms with E-state index in [2.05, 4.69) is 10.5 Å². The average molecular weight is 356 g/mol. The van der Waals surface area contributed by atoms with E-state index in [1.165, 1.54) is 18.2 Å². The van der Waals surface area contributed by atoms with Gasteiger partial charge in [-0.3, -0.25) is 15.0 Å². The molecule has 2 unspecified atom stereocenters. The molecule has 2 amide bonds. The summed E-state index contributed by atoms with van der Waals surface area (Å²) in [7, 11) is 0. The molecule has 23 heavy (non-hydrogen) atoms. The van der Waals surface area contributed by atoms with E-state index in [-0.39, 0.29) is 23.0 Å². The van der Waals surface area contributed by atoms with Gasteiger partial charge in [0.05, 0.1) is 22.3 Å². The van der Waals surface area contributed by atoms with Crippen LogP contribution in [0.2, 0.25) is 10.0 Å². The number of imide groups is 1. The van der Waals surface area contributed by atoms with E-state index in [0.717, 1.165) is 4.90 Å². The highest BCUT2D eigenvalue weighted by Crippen LogP contribution is 2.34. The van der Waals surface area contributed by atoms with Crippen molar-refractivity contribution in [3.8, 4) is 0 Å². The van der Waals surface area contributed by atoms with Gasteiger partial charge < -0.3 is 4.74 Å². The predicted molar refractivity (Wildman–Crippen MR) is 83.4 cm³/mol. The molecular formula is C14H11Cl2N3O4. The van der Waals surface area contributed by atoms with Crippen LogP contribution in [0, 0.1) is 5.92 Å². The topological polar surface area (TPSA) is 88.1 Å². The molecule has 1 aromatic rings. The third-order valence-corrected chi connectivity index (χ3v) is 4.31. The SMILES string of the molecule is CCOC(=O)C1=NNC2C(=O)N(c3ccc(Cl)c(Cl)c3)C(=O)C12. The lowest BCUT2D eigenvalue weighted by molar-refractivity contribution is -0.136. The van der Waals surface area contributed by atoms with Gasteiger partial charge in [0, 0.05) is 0 Å². The van der Waals surface area contributed by atoms with Crippen LogP contribution in [0.1, 0.15) is 6.92 Å². The quantitative estimate of drug-likeness (QED) is 0.653. The molecule has 0 saturated carbocycles. The number of hydrogen-bond donors (Lipinski definition) is 1. The largest absolute Gasteiger partial charge is 0.461 e. The van der Waals surface area contributed by atoms with Crippen LogP contribution in [-0.2, 0) is 19.1 Å². The fourth-order valence-corrected chi connectivity index (χ4v) is 2.83. The molecule has 1 N–H and O–H groups in total. The number of ether oxygens (including phenoxy) is 1. The molecule has 1 aromatic carbocycles. The highest BCUT2D eigenvalue weighted by atomic mass is 35.5. The molecule has 0 aliphatic carbocycles. The minimum Gasteiger partial charge on any atom is -0.461 e. The summed E-state index contributed by atoms with van der Waals surface area (Å²) in [5.41, 5.74) is 2.72. The number of nitrogens with zero attached hydrogens (tertiary/aromatic N) is 2. The van der Waals surface area contributed by atoms with Crippen LogP contribution in [0.5, 0.6) is 0 Å². The lowest BCUT2D eigenvalue weighted by Gasteiger charge is -2.16. The number of carbonyl (C=O) groups is 3. The van der Waals surface area contributed by atoms with Gasteiger partial charge in [-0.2, -0.15) is 5.10 Å². The average Bonchev–Trinajstić information content (AvgIpc) is 3.04. The summed E-state index contributed by atoms with van der Waals surface area (Å²) in [6.07, 6.45) is 0. The maximum absolute atomic E-state index is 12.6. The molecule has 2 aliphatic heterocycles. The van der Waals surface area contributed by atoms with Crippen molar-refractivity contribution in [2.24, 2.45) is 11.0 Å². The summed E-state index contributed by atoms with van der Waals surface area (Å²) >= 11 is 11.8. The third kappa shape index (κ3) is 2.46. The number of hydrazone groups is 1. The maximum atomic E-state index is 12.6. The fraction of sp³-hybridized carbons (Fsp3) is 0.286. The molecule has 0 spiro atoms. The van der Waals surface area contributed by atoms with Gasteiger partial charge in [0.25, 0.3) is 5.91 Å². The summed E-state index contributed by atoms with van der Waals surface area (Å²) in [5.74, 6) is -2.79. The number of rotatable bonds is 3. The summed E-state index contributed by atoms with van der Waals surface area (Å²) in [6.45, 7) is 1.79. The Morgan fingerprint density at radius 1 is 1.30 bits per heavy atom. The molecular weight excluding hydrogens is 345 g/mol. The highest BCUT2D eigenvalue weighted by molar-refractivity contribution is 6.47. The Hall–Kier alpha value is -2.12. The lowest BCUT2D eigenvalue weighted by Crippen LogP contribution is -2.36. The van der Waals surface area contributed by atoms with Gasteiger partial charge in [-0.1, -0.05) is 23.2 Å². The van der Waals surface area contributed by atoms with Crippen LogP contribution < -0.4 is 10.3 Å². The predicted octanol–water partition coefficient (Wildman–Crippen LogP) is 1.37. The Balaban J connectivity index is 1.93. The number of amides is 2. The van der Waals surface area contributed by atoms with E-state index in [1.807, 2.05) is 0 Å². The molecule has 0 bridgehead atoms. The second kappa shape index (κ2) is 5.82. The van der Waals surface area contributed by atoms with Crippen LogP contribution in [-0.4, -0.2) is 36.1 Å². The number of hydrogen-bond acceptors (Lipinski definition) is 6. The number of halogens is 2. The zero-order valence-electron chi connectivity index (χ0n) is 11.9. The number of esters is 1. The molecule has 3 rings (SSSR count). The molecule has 2 heterocycles. The smallest absolute Gasteiger partial charge is 0.355 e. The second-order valence-corrected chi connectivity index (χ2v) is 5.73. The molecule has 1 fully saturated rings. The Bertz CT molecular complexity index is 750. The van der Waals surface area contributed by atoms with Crippen molar-refractivity contribution >= 4 is 52.4 Å². The first-order valence-electron chi connectivity index (χ1n) is 6.78. The van der Waals surface area contributed by atoms with E-state index < -0.39 is 29.7 Å². The lowest BCUT2D eigenvalue weighted by atomic mass is 9.99. The molecule has 120 valence electrons. The van der Waals surface area contributed by atoms with Crippen LogP contribution in [0.15, 0.2) is 23.3 Å². The standard InChI is InChI=1S/C14H11Cl2N3O4/c1-2-23-14(22)11-9-10(17-18-11)13(21)19(12(9)20)6-3-4-7(15)8(16)5-6/h3-5,9-10,17H,2H2,1H3. The molecule has 1 saturated heterocycles. The number of anilines is 1. The van der Waals surface area contributed by atoms with Crippen molar-refractivity contribution in [1.82, 2.24) is 5.43 Å². The number of nitrogens with one attached hydrogen (secondary N) is 1. The molecule has 2 aliphatic rings. The van der Waals surface area contributed by atoms with Crippen LogP contribution in [0.3, 0.4) is 0 Å². The minimum absolute atomic E-state index is 0.0993. The van der Waals surface area contributed by atoms with Gasteiger partial charge in [0.1, 0.15) is 12.0 Å². The molecule has 2 atom stereocenters. The summed E-state index contributed by atoms with van der Waals surface area (Å²) < 4.78 is 4.86. The summed E-state index contributed by atoms with van der Waals surface area (Å²) in [6, 6.07) is 3.49. The Morgan fingerprint density at radius 2 is 2.04 bits per heavy atom. The van der Waals surface area contributed by atoms with Crippen molar-refractivity contribution < 1.29 is 19.1 Å².